The van der Waals surface area contributed by atoms with Gasteiger partial charge in [0.05, 0.1) is 13.2 Å². The van der Waals surface area contributed by atoms with Gasteiger partial charge in [0.1, 0.15) is 11.6 Å². The average molecular weight is 295 g/mol. The lowest BCUT2D eigenvalue weighted by atomic mass is 10.2. The highest BCUT2D eigenvalue weighted by molar-refractivity contribution is 5.97. The van der Waals surface area contributed by atoms with Gasteiger partial charge in [-0.3, -0.25) is 9.59 Å². The van der Waals surface area contributed by atoms with Crippen LogP contribution in [0.15, 0.2) is 11.8 Å². The van der Waals surface area contributed by atoms with Gasteiger partial charge in [0.25, 0.3) is 5.91 Å². The van der Waals surface area contributed by atoms with Crippen molar-refractivity contribution in [2.24, 2.45) is 0 Å². The number of carboxylic acids is 1. The molecule has 116 valence electrons. The molecule has 7 heteroatoms. The van der Waals surface area contributed by atoms with E-state index in [0.717, 1.165) is 12.8 Å². The third kappa shape index (κ3) is 6.77. The van der Waals surface area contributed by atoms with Gasteiger partial charge in [0, 0.05) is 32.3 Å². The first kappa shape index (κ1) is 17.0. The zero-order chi connectivity index (χ0) is 15.5. The summed E-state index contributed by atoms with van der Waals surface area (Å²) in [5.74, 6) is -1.06. The molecule has 0 radical (unpaired) electrons. The van der Waals surface area contributed by atoms with Crippen LogP contribution >= 0.6 is 0 Å². The smallest absolute Gasteiger partial charge is 0.303 e. The predicted molar refractivity (Wildman–Crippen MR) is 75.2 cm³/mol. The van der Waals surface area contributed by atoms with Crippen LogP contribution in [0.2, 0.25) is 0 Å². The lowest BCUT2D eigenvalue weighted by molar-refractivity contribution is -0.137. The van der Waals surface area contributed by atoms with Crippen molar-refractivity contribution in [3.8, 4) is 6.07 Å². The minimum Gasteiger partial charge on any atom is -0.481 e. The molecule has 1 heterocycles. The van der Waals surface area contributed by atoms with Gasteiger partial charge in [0.15, 0.2) is 0 Å². The number of hydrogen-bond acceptors (Lipinski definition) is 5. The number of rotatable bonds is 8. The Morgan fingerprint density at radius 3 is 2.62 bits per heavy atom. The lowest BCUT2D eigenvalue weighted by Gasteiger charge is -2.26. The second-order valence-corrected chi connectivity index (χ2v) is 4.73. The van der Waals surface area contributed by atoms with Gasteiger partial charge in [-0.25, -0.2) is 0 Å². The molecule has 0 saturated carbocycles. The Bertz CT molecular complexity index is 422. The first-order chi connectivity index (χ1) is 10.1. The molecule has 0 spiro atoms. The maximum Gasteiger partial charge on any atom is 0.303 e. The lowest BCUT2D eigenvalue weighted by Crippen LogP contribution is -2.41. The van der Waals surface area contributed by atoms with Gasteiger partial charge in [-0.05, 0) is 12.8 Å². The van der Waals surface area contributed by atoms with Crippen LogP contribution in [0.1, 0.15) is 25.7 Å². The highest BCUT2D eigenvalue weighted by Crippen LogP contribution is 2.04. The highest BCUT2D eigenvalue weighted by atomic mass is 16.5. The number of morpholine rings is 1. The fourth-order valence-electron chi connectivity index (χ4n) is 1.93. The van der Waals surface area contributed by atoms with Crippen LogP contribution < -0.4 is 5.32 Å². The van der Waals surface area contributed by atoms with Crippen LogP contribution in [0, 0.1) is 11.3 Å². The molecule has 7 nitrogen and oxygen atoms in total. The van der Waals surface area contributed by atoms with Gasteiger partial charge in [0.2, 0.25) is 0 Å². The van der Waals surface area contributed by atoms with Gasteiger partial charge >= 0.3 is 5.97 Å². The van der Waals surface area contributed by atoms with Crippen molar-refractivity contribution in [1.82, 2.24) is 10.2 Å². The van der Waals surface area contributed by atoms with Crippen LogP contribution in [-0.2, 0) is 14.3 Å². The standard InChI is InChI=1S/C14H21N3O4/c15-10-12(14(20)17-6-8-21-9-7-17)11-16-5-3-1-2-4-13(18)19/h11,16H,1-9H2,(H,18,19)/b12-11-. The molecule has 0 bridgehead atoms. The van der Waals surface area contributed by atoms with E-state index in [2.05, 4.69) is 5.32 Å². The highest BCUT2D eigenvalue weighted by Gasteiger charge is 2.20. The molecule has 1 amide bonds. The Kier molecular flexibility index (Phi) is 7.90. The number of ether oxygens (including phenoxy) is 1. The van der Waals surface area contributed by atoms with Gasteiger partial charge in [-0.15, -0.1) is 0 Å². The second-order valence-electron chi connectivity index (χ2n) is 4.73. The number of carbonyl (C=O) groups is 2. The van der Waals surface area contributed by atoms with E-state index in [1.165, 1.54) is 6.20 Å². The molecule has 0 aromatic carbocycles. The minimum absolute atomic E-state index is 0.0856. The third-order valence-electron chi connectivity index (χ3n) is 3.11. The molecule has 1 aliphatic heterocycles. The zero-order valence-corrected chi connectivity index (χ0v) is 12.0. The van der Waals surface area contributed by atoms with E-state index in [4.69, 9.17) is 15.1 Å². The number of nitrogens with one attached hydrogen (secondary N) is 1. The first-order valence-corrected chi connectivity index (χ1v) is 7.07. The molecule has 1 saturated heterocycles. The van der Waals surface area contributed by atoms with Crippen molar-refractivity contribution in [2.75, 3.05) is 32.8 Å². The summed E-state index contributed by atoms with van der Waals surface area (Å²) in [7, 11) is 0. The minimum atomic E-state index is -0.786. The monoisotopic (exact) mass is 295 g/mol. The van der Waals surface area contributed by atoms with Crippen molar-refractivity contribution in [1.29, 1.82) is 5.26 Å². The van der Waals surface area contributed by atoms with Crippen molar-refractivity contribution in [3.63, 3.8) is 0 Å². The molecule has 0 aromatic heterocycles. The summed E-state index contributed by atoms with van der Waals surface area (Å²) in [5, 5.41) is 20.5. The Labute approximate surface area is 124 Å². The molecule has 1 rings (SSSR count). The van der Waals surface area contributed by atoms with E-state index < -0.39 is 5.97 Å². The Morgan fingerprint density at radius 2 is 2.00 bits per heavy atom. The zero-order valence-electron chi connectivity index (χ0n) is 12.0. The van der Waals surface area contributed by atoms with E-state index in [1.54, 1.807) is 4.90 Å². The number of unbranched alkanes of at least 4 members (excludes halogenated alkanes) is 2. The normalized spacial score (nSPS) is 15.4. The number of hydrogen-bond donors (Lipinski definition) is 2. The van der Waals surface area contributed by atoms with Crippen molar-refractivity contribution in [3.05, 3.63) is 11.8 Å². The summed E-state index contributed by atoms with van der Waals surface area (Å²) >= 11 is 0. The number of carboxylic acid groups (broad SMARTS) is 1. The largest absolute Gasteiger partial charge is 0.481 e. The molecule has 0 unspecified atom stereocenters. The summed E-state index contributed by atoms with van der Waals surface area (Å²) in [6.45, 7) is 2.63. The van der Waals surface area contributed by atoms with Gasteiger partial charge < -0.3 is 20.1 Å². The van der Waals surface area contributed by atoms with Gasteiger partial charge in [-0.2, -0.15) is 5.26 Å². The fraction of sp³-hybridized carbons (Fsp3) is 0.643. The van der Waals surface area contributed by atoms with Gasteiger partial charge in [-0.1, -0.05) is 6.42 Å². The van der Waals surface area contributed by atoms with E-state index in [9.17, 15) is 9.59 Å². The quantitative estimate of drug-likeness (QED) is 0.384. The second kappa shape index (κ2) is 9.77. The maximum absolute atomic E-state index is 12.0. The molecule has 1 fully saturated rings. The topological polar surface area (TPSA) is 103 Å². The van der Waals surface area contributed by atoms with E-state index in [0.29, 0.717) is 39.3 Å². The summed E-state index contributed by atoms with van der Waals surface area (Å²) in [6, 6.07) is 1.91. The van der Waals surface area contributed by atoms with Crippen LogP contribution in [0.5, 0.6) is 0 Å². The summed E-state index contributed by atoms with van der Waals surface area (Å²) in [6.07, 6.45) is 3.85. The first-order valence-electron chi connectivity index (χ1n) is 7.07. The van der Waals surface area contributed by atoms with Crippen LogP contribution in [-0.4, -0.2) is 54.7 Å². The van der Waals surface area contributed by atoms with Crippen molar-refractivity contribution in [2.45, 2.75) is 25.7 Å². The Balaban J connectivity index is 2.26. The number of amides is 1. The third-order valence-corrected chi connectivity index (χ3v) is 3.11. The van der Waals surface area contributed by atoms with Crippen LogP contribution in [0.25, 0.3) is 0 Å². The molecule has 0 aliphatic carbocycles. The van der Waals surface area contributed by atoms with E-state index in [1.807, 2.05) is 6.07 Å². The van der Waals surface area contributed by atoms with E-state index >= 15 is 0 Å². The SMILES string of the molecule is N#C/C(=C/NCCCCCC(=O)O)C(=O)N1CCOCC1. The van der Waals surface area contributed by atoms with Crippen molar-refractivity contribution < 1.29 is 19.4 Å². The van der Waals surface area contributed by atoms with E-state index in [-0.39, 0.29) is 17.9 Å². The van der Waals surface area contributed by atoms with Crippen LogP contribution in [0.3, 0.4) is 0 Å². The maximum atomic E-state index is 12.0. The number of nitrogens with zero attached hydrogens (tertiary/aromatic N) is 2. The average Bonchev–Trinajstić information content (AvgIpc) is 2.50. The van der Waals surface area contributed by atoms with Crippen LogP contribution in [0.4, 0.5) is 0 Å². The molecular formula is C14H21N3O4. The summed E-state index contributed by atoms with van der Waals surface area (Å²) < 4.78 is 5.16. The molecule has 0 atom stereocenters. The molecule has 21 heavy (non-hydrogen) atoms. The molecule has 2 N–H and O–H groups in total. The van der Waals surface area contributed by atoms with Crippen molar-refractivity contribution >= 4 is 11.9 Å². The molecule has 0 aromatic rings. The summed E-state index contributed by atoms with van der Waals surface area (Å²) in [5.41, 5.74) is 0.0856. The number of aliphatic carboxylic acids is 1. The Morgan fingerprint density at radius 1 is 1.29 bits per heavy atom. The Hall–Kier alpha value is -2.07. The molecule has 1 aliphatic rings. The fourth-order valence-corrected chi connectivity index (χ4v) is 1.93. The molecular weight excluding hydrogens is 274 g/mol. The predicted octanol–water partition coefficient (Wildman–Crippen LogP) is 0.487. The number of carbonyl (C=O) groups excluding carboxylic acids is 1. The number of nitriles is 1. The summed E-state index contributed by atoms with van der Waals surface area (Å²) in [4.78, 5) is 24.0.